The second-order valence-electron chi connectivity index (χ2n) is 5.02. The Hall–Kier alpha value is -0.780. The topological polar surface area (TPSA) is 55.1 Å². The fraction of sp³-hybridized carbons (Fsp3) is 0.818. The Labute approximate surface area is 104 Å². The zero-order valence-electron chi connectivity index (χ0n) is 9.42. The van der Waals surface area contributed by atoms with Crippen molar-refractivity contribution in [1.82, 2.24) is 5.32 Å². The number of carbonyl (C=O) groups is 1. The molecule has 0 saturated heterocycles. The second-order valence-corrected chi connectivity index (χ2v) is 5.49. The van der Waals surface area contributed by atoms with Gasteiger partial charge in [0.25, 0.3) is 0 Å². The molecule has 3 nitrogen and oxygen atoms in total. The smallest absolute Gasteiger partial charge is 0.248 e. The lowest BCUT2D eigenvalue weighted by Crippen LogP contribution is -2.47. The van der Waals surface area contributed by atoms with Crippen molar-refractivity contribution in [3.8, 4) is 0 Å². The normalized spacial score (nSPS) is 28.7. The van der Waals surface area contributed by atoms with Crippen molar-refractivity contribution in [3.63, 3.8) is 0 Å². The molecular formula is C11H16F2N2OS. The standard InChI is InChI=1S/C11H16F2N2OS/c12-11(13)4-3-7(5-11)10(16)15-8(9(14)17)6-1-2-6/h6-8H,1-5H2,(H2,14,17)(H,15,16). The third-order valence-electron chi connectivity index (χ3n) is 3.47. The number of nitrogens with one attached hydrogen (secondary N) is 1. The molecule has 0 aromatic carbocycles. The van der Waals surface area contributed by atoms with Gasteiger partial charge in [-0.2, -0.15) is 0 Å². The number of carbonyl (C=O) groups excluding carboxylic acids is 1. The molecule has 2 aliphatic rings. The molecule has 2 rings (SSSR count). The van der Waals surface area contributed by atoms with Crippen LogP contribution in [0, 0.1) is 11.8 Å². The van der Waals surface area contributed by atoms with E-state index in [9.17, 15) is 13.6 Å². The minimum atomic E-state index is -2.69. The van der Waals surface area contributed by atoms with E-state index in [4.69, 9.17) is 18.0 Å². The van der Waals surface area contributed by atoms with Crippen LogP contribution in [-0.4, -0.2) is 22.9 Å². The van der Waals surface area contributed by atoms with Crippen LogP contribution < -0.4 is 11.1 Å². The van der Waals surface area contributed by atoms with Crippen molar-refractivity contribution in [1.29, 1.82) is 0 Å². The van der Waals surface area contributed by atoms with Gasteiger partial charge >= 0.3 is 0 Å². The number of alkyl halides is 2. The van der Waals surface area contributed by atoms with Gasteiger partial charge in [-0.1, -0.05) is 12.2 Å². The third-order valence-corrected chi connectivity index (χ3v) is 3.73. The molecular weight excluding hydrogens is 246 g/mol. The molecule has 0 bridgehead atoms. The molecule has 0 aromatic rings. The Kier molecular flexibility index (Phi) is 3.34. The van der Waals surface area contributed by atoms with Crippen LogP contribution in [0.3, 0.4) is 0 Å². The van der Waals surface area contributed by atoms with Crippen molar-refractivity contribution in [2.45, 2.75) is 44.1 Å². The lowest BCUT2D eigenvalue weighted by atomic mass is 10.1. The number of amides is 1. The van der Waals surface area contributed by atoms with E-state index in [1.54, 1.807) is 0 Å². The molecule has 2 aliphatic carbocycles. The van der Waals surface area contributed by atoms with Crippen LogP contribution in [-0.2, 0) is 4.79 Å². The van der Waals surface area contributed by atoms with Gasteiger partial charge in [0.1, 0.15) is 0 Å². The average Bonchev–Trinajstić information content (AvgIpc) is 2.98. The number of hydrogen-bond acceptors (Lipinski definition) is 2. The summed E-state index contributed by atoms with van der Waals surface area (Å²) in [7, 11) is 0. The van der Waals surface area contributed by atoms with E-state index in [2.05, 4.69) is 5.32 Å². The maximum absolute atomic E-state index is 13.0. The summed E-state index contributed by atoms with van der Waals surface area (Å²) < 4.78 is 26.0. The lowest BCUT2D eigenvalue weighted by molar-refractivity contribution is -0.126. The molecule has 2 atom stereocenters. The van der Waals surface area contributed by atoms with Crippen LogP contribution >= 0.6 is 12.2 Å². The van der Waals surface area contributed by atoms with Gasteiger partial charge in [-0.15, -0.1) is 0 Å². The highest BCUT2D eigenvalue weighted by Gasteiger charge is 2.44. The van der Waals surface area contributed by atoms with Gasteiger partial charge in [0.05, 0.1) is 11.0 Å². The zero-order valence-corrected chi connectivity index (χ0v) is 10.2. The second kappa shape index (κ2) is 4.48. The molecule has 1 amide bonds. The number of hydrogen-bond donors (Lipinski definition) is 2. The minimum absolute atomic E-state index is 0.202. The molecule has 0 aliphatic heterocycles. The first-order valence-electron chi connectivity index (χ1n) is 5.86. The Balaban J connectivity index is 1.90. The minimum Gasteiger partial charge on any atom is -0.392 e. The van der Waals surface area contributed by atoms with Gasteiger partial charge in [0.15, 0.2) is 0 Å². The van der Waals surface area contributed by atoms with Gasteiger partial charge in [-0.25, -0.2) is 8.78 Å². The van der Waals surface area contributed by atoms with Crippen LogP contribution in [0.1, 0.15) is 32.1 Å². The first-order valence-corrected chi connectivity index (χ1v) is 6.27. The van der Waals surface area contributed by atoms with Gasteiger partial charge in [0.2, 0.25) is 11.8 Å². The Morgan fingerprint density at radius 2 is 2.06 bits per heavy atom. The molecule has 6 heteroatoms. The van der Waals surface area contributed by atoms with Gasteiger partial charge in [-0.3, -0.25) is 4.79 Å². The van der Waals surface area contributed by atoms with Crippen molar-refractivity contribution in [2.75, 3.05) is 0 Å². The Morgan fingerprint density at radius 3 is 2.47 bits per heavy atom. The predicted molar refractivity (Wildman–Crippen MR) is 63.7 cm³/mol. The van der Waals surface area contributed by atoms with E-state index < -0.39 is 11.8 Å². The summed E-state index contributed by atoms with van der Waals surface area (Å²) in [5.74, 6) is -3.31. The number of nitrogens with two attached hydrogens (primary N) is 1. The molecule has 2 fully saturated rings. The highest BCUT2D eigenvalue weighted by Crippen LogP contribution is 2.39. The summed E-state index contributed by atoms with van der Waals surface area (Å²) in [6.45, 7) is 0. The van der Waals surface area contributed by atoms with Crippen LogP contribution in [0.5, 0.6) is 0 Å². The lowest BCUT2D eigenvalue weighted by Gasteiger charge is -2.19. The maximum atomic E-state index is 13.0. The summed E-state index contributed by atoms with van der Waals surface area (Å²) in [5.41, 5.74) is 5.55. The molecule has 3 N–H and O–H groups in total. The molecule has 0 heterocycles. The predicted octanol–water partition coefficient (Wildman–Crippen LogP) is 1.60. The van der Waals surface area contributed by atoms with E-state index in [0.717, 1.165) is 12.8 Å². The molecule has 0 radical (unpaired) electrons. The monoisotopic (exact) mass is 262 g/mol. The zero-order chi connectivity index (χ0) is 12.6. The van der Waals surface area contributed by atoms with Gasteiger partial charge < -0.3 is 11.1 Å². The number of rotatable bonds is 4. The fourth-order valence-electron chi connectivity index (χ4n) is 2.30. The fourth-order valence-corrected chi connectivity index (χ4v) is 2.55. The molecule has 2 saturated carbocycles. The van der Waals surface area contributed by atoms with E-state index in [1.165, 1.54) is 0 Å². The van der Waals surface area contributed by atoms with Crippen molar-refractivity contribution in [2.24, 2.45) is 17.6 Å². The van der Waals surface area contributed by atoms with Crippen LogP contribution in [0.25, 0.3) is 0 Å². The van der Waals surface area contributed by atoms with Crippen LogP contribution in [0.2, 0.25) is 0 Å². The SMILES string of the molecule is NC(=S)C(NC(=O)C1CCC(F)(F)C1)C1CC1. The van der Waals surface area contributed by atoms with Crippen molar-refractivity contribution < 1.29 is 13.6 Å². The number of thiocarbonyl (C=S) groups is 1. The van der Waals surface area contributed by atoms with E-state index in [1.807, 2.05) is 0 Å². The third kappa shape index (κ3) is 3.12. The van der Waals surface area contributed by atoms with Crippen LogP contribution in [0.15, 0.2) is 0 Å². The van der Waals surface area contributed by atoms with Crippen molar-refractivity contribution in [3.05, 3.63) is 0 Å². The highest BCUT2D eigenvalue weighted by molar-refractivity contribution is 7.80. The molecule has 17 heavy (non-hydrogen) atoms. The Morgan fingerprint density at radius 1 is 1.41 bits per heavy atom. The summed E-state index contributed by atoms with van der Waals surface area (Å²) in [6, 6.07) is -0.313. The summed E-state index contributed by atoms with van der Waals surface area (Å²) in [6.07, 6.45) is 1.67. The molecule has 0 aromatic heterocycles. The largest absolute Gasteiger partial charge is 0.392 e. The van der Waals surface area contributed by atoms with E-state index in [-0.39, 0.29) is 36.2 Å². The first kappa shape index (κ1) is 12.7. The average molecular weight is 262 g/mol. The summed E-state index contributed by atoms with van der Waals surface area (Å²) in [4.78, 5) is 12.1. The molecule has 2 unspecified atom stereocenters. The molecule has 96 valence electrons. The Bertz CT molecular complexity index is 344. The first-order chi connectivity index (χ1) is 7.89. The van der Waals surface area contributed by atoms with Gasteiger partial charge in [-0.05, 0) is 25.2 Å². The summed E-state index contributed by atoms with van der Waals surface area (Å²) >= 11 is 4.89. The maximum Gasteiger partial charge on any atom is 0.248 e. The number of halogens is 2. The van der Waals surface area contributed by atoms with Gasteiger partial charge in [0, 0.05) is 18.8 Å². The summed E-state index contributed by atoms with van der Waals surface area (Å²) in [5, 5.41) is 2.72. The van der Waals surface area contributed by atoms with Crippen LogP contribution in [0.4, 0.5) is 8.78 Å². The molecule has 0 spiro atoms. The van der Waals surface area contributed by atoms with Crippen molar-refractivity contribution >= 4 is 23.1 Å². The van der Waals surface area contributed by atoms with E-state index >= 15 is 0 Å². The quantitative estimate of drug-likeness (QED) is 0.757. The van der Waals surface area contributed by atoms with E-state index in [0.29, 0.717) is 5.92 Å². The highest BCUT2D eigenvalue weighted by atomic mass is 32.1.